The Bertz CT molecular complexity index is 945. The quantitative estimate of drug-likeness (QED) is 0.822. The van der Waals surface area contributed by atoms with Crippen LogP contribution in [0.2, 0.25) is 0 Å². The van der Waals surface area contributed by atoms with Gasteiger partial charge in [-0.1, -0.05) is 0 Å². The first-order valence-corrected chi connectivity index (χ1v) is 9.72. The van der Waals surface area contributed by atoms with E-state index >= 15 is 0 Å². The molecule has 7 nitrogen and oxygen atoms in total. The second-order valence-electron chi connectivity index (χ2n) is 7.93. The highest BCUT2D eigenvalue weighted by Crippen LogP contribution is 2.45. The number of pyridine rings is 1. The Kier molecular flexibility index (Phi) is 4.94. The summed E-state index contributed by atoms with van der Waals surface area (Å²) in [5, 5.41) is 6.00. The number of fused-ring (bicyclic) bond motifs is 1. The van der Waals surface area contributed by atoms with Gasteiger partial charge in [0.25, 0.3) is 5.92 Å². The standard InChI is InChI=1S/C20H24F2N6O/c1-11-6-14(26-15(7-11)28-5-4-23-12(2)9-28)18-17-13(20(3,21)22)8-16(29)27-19(17)25-10-24-18/h6-7,10,12-13,23H,4-5,8-9H2,1-3H3,(H,24,25,27,29)/t12-,13+/m0/s1. The second kappa shape index (κ2) is 7.29. The molecule has 2 atom stereocenters. The SMILES string of the molecule is Cc1cc(-c2ncnc3c2[C@H](C(C)(F)F)CC(=O)N3)nc(N2CCN[C@@H](C)C2)c1. The van der Waals surface area contributed by atoms with Crippen molar-refractivity contribution >= 4 is 17.5 Å². The highest BCUT2D eigenvalue weighted by Gasteiger charge is 2.43. The average molecular weight is 402 g/mol. The third-order valence-electron chi connectivity index (χ3n) is 5.38. The number of anilines is 2. The molecule has 154 valence electrons. The Labute approximate surface area is 168 Å². The lowest BCUT2D eigenvalue weighted by molar-refractivity contribution is -0.119. The van der Waals surface area contributed by atoms with Crippen molar-refractivity contribution in [3.05, 3.63) is 29.6 Å². The molecule has 0 bridgehead atoms. The molecule has 2 aliphatic rings. The Morgan fingerprint density at radius 2 is 2.07 bits per heavy atom. The Morgan fingerprint density at radius 1 is 1.28 bits per heavy atom. The Morgan fingerprint density at radius 3 is 2.79 bits per heavy atom. The second-order valence-corrected chi connectivity index (χ2v) is 7.93. The van der Waals surface area contributed by atoms with Gasteiger partial charge in [0, 0.05) is 37.7 Å². The molecule has 29 heavy (non-hydrogen) atoms. The van der Waals surface area contributed by atoms with Gasteiger partial charge in [-0.3, -0.25) is 4.79 Å². The highest BCUT2D eigenvalue weighted by atomic mass is 19.3. The molecule has 1 amide bonds. The maximum atomic E-state index is 14.4. The van der Waals surface area contributed by atoms with Gasteiger partial charge in [0.05, 0.1) is 17.3 Å². The molecule has 1 fully saturated rings. The summed E-state index contributed by atoms with van der Waals surface area (Å²) in [5.41, 5.74) is 2.06. The lowest BCUT2D eigenvalue weighted by Crippen LogP contribution is -2.49. The highest BCUT2D eigenvalue weighted by molar-refractivity contribution is 5.95. The third kappa shape index (κ3) is 3.91. The Balaban J connectivity index is 1.82. The van der Waals surface area contributed by atoms with Gasteiger partial charge in [0.15, 0.2) is 0 Å². The molecule has 0 aliphatic carbocycles. The minimum atomic E-state index is -3.09. The number of carbonyl (C=O) groups is 1. The van der Waals surface area contributed by atoms with Crippen LogP contribution in [0, 0.1) is 6.92 Å². The third-order valence-corrected chi connectivity index (χ3v) is 5.38. The summed E-state index contributed by atoms with van der Waals surface area (Å²) in [6.45, 7) is 7.36. The van der Waals surface area contributed by atoms with E-state index in [9.17, 15) is 13.6 Å². The lowest BCUT2D eigenvalue weighted by atomic mass is 9.85. The molecule has 4 rings (SSSR count). The van der Waals surface area contributed by atoms with Crippen LogP contribution < -0.4 is 15.5 Å². The van der Waals surface area contributed by atoms with Crippen LogP contribution in [-0.2, 0) is 4.79 Å². The number of halogens is 2. The number of rotatable bonds is 3. The van der Waals surface area contributed by atoms with Gasteiger partial charge >= 0.3 is 0 Å². The van der Waals surface area contributed by atoms with Gasteiger partial charge in [-0.25, -0.2) is 23.7 Å². The van der Waals surface area contributed by atoms with E-state index in [0.29, 0.717) is 17.4 Å². The maximum Gasteiger partial charge on any atom is 0.252 e. The number of aromatic nitrogens is 3. The zero-order valence-electron chi connectivity index (χ0n) is 16.7. The molecule has 2 aromatic heterocycles. The first-order chi connectivity index (χ1) is 13.7. The van der Waals surface area contributed by atoms with Crippen LogP contribution in [0.4, 0.5) is 20.4 Å². The number of amides is 1. The summed E-state index contributed by atoms with van der Waals surface area (Å²) >= 11 is 0. The molecule has 0 unspecified atom stereocenters. The summed E-state index contributed by atoms with van der Waals surface area (Å²) in [6.07, 6.45) is 0.964. The van der Waals surface area contributed by atoms with Crippen molar-refractivity contribution in [2.45, 2.75) is 45.1 Å². The van der Waals surface area contributed by atoms with Gasteiger partial charge < -0.3 is 15.5 Å². The number of alkyl halides is 2. The lowest BCUT2D eigenvalue weighted by Gasteiger charge is -2.33. The van der Waals surface area contributed by atoms with E-state index in [-0.39, 0.29) is 17.8 Å². The van der Waals surface area contributed by atoms with Crippen molar-refractivity contribution in [2.75, 3.05) is 29.9 Å². The normalized spacial score (nSPS) is 22.2. The molecule has 2 aliphatic heterocycles. The Hall–Kier alpha value is -2.68. The zero-order chi connectivity index (χ0) is 20.8. The molecular weight excluding hydrogens is 378 g/mol. The predicted molar refractivity (Wildman–Crippen MR) is 106 cm³/mol. The molecule has 0 aromatic carbocycles. The number of aryl methyl sites for hydroxylation is 1. The van der Waals surface area contributed by atoms with E-state index in [1.807, 2.05) is 19.1 Å². The first-order valence-electron chi connectivity index (χ1n) is 9.72. The van der Waals surface area contributed by atoms with E-state index in [0.717, 1.165) is 37.9 Å². The van der Waals surface area contributed by atoms with Crippen LogP contribution in [0.5, 0.6) is 0 Å². The largest absolute Gasteiger partial charge is 0.354 e. The van der Waals surface area contributed by atoms with Crippen LogP contribution in [0.3, 0.4) is 0 Å². The fourth-order valence-corrected chi connectivity index (χ4v) is 4.01. The van der Waals surface area contributed by atoms with E-state index in [4.69, 9.17) is 4.98 Å². The van der Waals surface area contributed by atoms with Crippen molar-refractivity contribution < 1.29 is 13.6 Å². The van der Waals surface area contributed by atoms with Crippen molar-refractivity contribution in [1.29, 1.82) is 0 Å². The van der Waals surface area contributed by atoms with Crippen LogP contribution >= 0.6 is 0 Å². The van der Waals surface area contributed by atoms with Crippen LogP contribution in [-0.4, -0.2) is 52.5 Å². The van der Waals surface area contributed by atoms with Gasteiger partial charge in [0.2, 0.25) is 5.91 Å². The van der Waals surface area contributed by atoms with E-state index < -0.39 is 17.7 Å². The molecule has 2 N–H and O–H groups in total. The number of hydrogen-bond donors (Lipinski definition) is 2. The van der Waals surface area contributed by atoms with Crippen LogP contribution in [0.25, 0.3) is 11.4 Å². The minimum Gasteiger partial charge on any atom is -0.354 e. The van der Waals surface area contributed by atoms with Gasteiger partial charge in [-0.05, 0) is 38.5 Å². The van der Waals surface area contributed by atoms with Crippen molar-refractivity contribution in [1.82, 2.24) is 20.3 Å². The molecule has 1 saturated heterocycles. The van der Waals surface area contributed by atoms with Crippen molar-refractivity contribution in [3.8, 4) is 11.4 Å². The molecule has 4 heterocycles. The summed E-state index contributed by atoms with van der Waals surface area (Å²) < 4.78 is 28.8. The van der Waals surface area contributed by atoms with Crippen molar-refractivity contribution in [3.63, 3.8) is 0 Å². The number of piperazine rings is 1. The smallest absolute Gasteiger partial charge is 0.252 e. The fraction of sp³-hybridized carbons (Fsp3) is 0.500. The van der Waals surface area contributed by atoms with E-state index in [1.54, 1.807) is 0 Å². The molecule has 0 spiro atoms. The number of nitrogens with zero attached hydrogens (tertiary/aromatic N) is 4. The summed E-state index contributed by atoms with van der Waals surface area (Å²) in [6, 6.07) is 4.15. The number of carbonyl (C=O) groups excluding carboxylic acids is 1. The van der Waals surface area contributed by atoms with Gasteiger partial charge in [-0.2, -0.15) is 0 Å². The van der Waals surface area contributed by atoms with Crippen molar-refractivity contribution in [2.24, 2.45) is 0 Å². The number of hydrogen-bond acceptors (Lipinski definition) is 6. The molecule has 9 heteroatoms. The van der Waals surface area contributed by atoms with Gasteiger partial charge in [-0.15, -0.1) is 0 Å². The maximum absolute atomic E-state index is 14.4. The topological polar surface area (TPSA) is 83.0 Å². The average Bonchev–Trinajstić information content (AvgIpc) is 2.65. The molecule has 0 saturated carbocycles. The van der Waals surface area contributed by atoms with E-state index in [1.165, 1.54) is 6.33 Å². The van der Waals surface area contributed by atoms with Crippen LogP contribution in [0.15, 0.2) is 18.5 Å². The summed E-state index contributed by atoms with van der Waals surface area (Å²) in [7, 11) is 0. The molecule has 2 aromatic rings. The number of nitrogens with one attached hydrogen (secondary N) is 2. The molecule has 0 radical (unpaired) electrons. The van der Waals surface area contributed by atoms with Crippen LogP contribution in [0.1, 0.15) is 37.3 Å². The molecular formula is C20H24F2N6O. The van der Waals surface area contributed by atoms with E-state index in [2.05, 4.69) is 32.4 Å². The summed E-state index contributed by atoms with van der Waals surface area (Å²) in [4.78, 5) is 27.2. The predicted octanol–water partition coefficient (Wildman–Crippen LogP) is 2.73. The van der Waals surface area contributed by atoms with Gasteiger partial charge in [0.1, 0.15) is 18.0 Å². The summed E-state index contributed by atoms with van der Waals surface area (Å²) in [5.74, 6) is -3.93. The minimum absolute atomic E-state index is 0.137. The monoisotopic (exact) mass is 402 g/mol. The fourth-order valence-electron chi connectivity index (χ4n) is 4.01. The first kappa shape index (κ1) is 19.6. The zero-order valence-corrected chi connectivity index (χ0v) is 16.7.